The van der Waals surface area contributed by atoms with Crippen molar-refractivity contribution in [3.63, 3.8) is 0 Å². The highest BCUT2D eigenvalue weighted by atomic mass is 16.5. The summed E-state index contributed by atoms with van der Waals surface area (Å²) in [7, 11) is 0. The third-order valence-corrected chi connectivity index (χ3v) is 12.1. The highest BCUT2D eigenvalue weighted by molar-refractivity contribution is 5.93. The maximum atomic E-state index is 6.67. The first-order valence-electron chi connectivity index (χ1n) is 19.5. The number of hydrogen-bond acceptors (Lipinski definition) is 2. The summed E-state index contributed by atoms with van der Waals surface area (Å²) in [4.78, 5) is 0. The van der Waals surface area contributed by atoms with Gasteiger partial charge in [-0.2, -0.15) is 0 Å². The van der Waals surface area contributed by atoms with E-state index in [9.17, 15) is 0 Å². The van der Waals surface area contributed by atoms with Crippen LogP contribution in [0, 0.1) is 0 Å². The zero-order chi connectivity index (χ0) is 36.7. The third-order valence-electron chi connectivity index (χ3n) is 12.1. The van der Waals surface area contributed by atoms with E-state index in [0.29, 0.717) is 0 Å². The zero-order valence-electron chi connectivity index (χ0n) is 31.9. The number of benzene rings is 5. The minimum absolute atomic E-state index is 0.0549. The van der Waals surface area contributed by atoms with Gasteiger partial charge in [0, 0.05) is 34.1 Å². The van der Waals surface area contributed by atoms with E-state index >= 15 is 0 Å². The molecule has 4 nitrogen and oxygen atoms in total. The molecule has 4 heteroatoms. The minimum Gasteiger partial charge on any atom is -0.457 e. The lowest BCUT2D eigenvalue weighted by Crippen LogP contribution is -2.37. The van der Waals surface area contributed by atoms with E-state index in [0.717, 1.165) is 60.1 Å². The summed E-state index contributed by atoms with van der Waals surface area (Å²) in [5.74, 6) is 4.08. The Balaban J connectivity index is 1.02. The van der Waals surface area contributed by atoms with Gasteiger partial charge in [-0.15, -0.1) is 0 Å². The molecule has 0 atom stereocenters. The lowest BCUT2D eigenvalue weighted by atomic mass is 9.86. The van der Waals surface area contributed by atoms with Crippen molar-refractivity contribution in [3.05, 3.63) is 129 Å². The lowest BCUT2D eigenvalue weighted by molar-refractivity contribution is 0.463. The van der Waals surface area contributed by atoms with Crippen LogP contribution in [0.1, 0.15) is 78.4 Å². The number of aromatic nitrogens is 2. The first kappa shape index (κ1) is 31.8. The Hall–Kier alpha value is -5.74. The molecule has 11 rings (SSSR count). The van der Waals surface area contributed by atoms with Gasteiger partial charge in [-0.25, -0.2) is 0 Å². The molecule has 0 unspecified atom stereocenters. The molecule has 0 N–H and O–H groups in total. The summed E-state index contributed by atoms with van der Waals surface area (Å²) in [5.41, 5.74) is 12.3. The van der Waals surface area contributed by atoms with Crippen molar-refractivity contribution in [2.24, 2.45) is 0 Å². The average Bonchev–Trinajstić information content (AvgIpc) is 3.68. The molecule has 0 spiro atoms. The van der Waals surface area contributed by atoms with E-state index < -0.39 is 0 Å². The molecule has 2 aromatic heterocycles. The topological polar surface area (TPSA) is 28.3 Å². The largest absolute Gasteiger partial charge is 0.457 e. The Morgan fingerprint density at radius 3 is 1.37 bits per heavy atom. The van der Waals surface area contributed by atoms with Gasteiger partial charge in [-0.05, 0) is 112 Å². The summed E-state index contributed by atoms with van der Waals surface area (Å²) < 4.78 is 18.2. The third kappa shape index (κ3) is 4.55. The minimum atomic E-state index is 0.0549. The van der Waals surface area contributed by atoms with Crippen molar-refractivity contribution < 1.29 is 9.47 Å². The van der Waals surface area contributed by atoms with Gasteiger partial charge in [0.2, 0.25) is 0 Å². The van der Waals surface area contributed by atoms with E-state index in [4.69, 9.17) is 9.47 Å². The second-order valence-corrected chi connectivity index (χ2v) is 17.6. The molecule has 2 aliphatic carbocycles. The van der Waals surface area contributed by atoms with Crippen molar-refractivity contribution in [1.82, 2.24) is 9.13 Å². The van der Waals surface area contributed by atoms with Crippen molar-refractivity contribution >= 4 is 45.5 Å². The Labute approximate surface area is 315 Å². The van der Waals surface area contributed by atoms with Crippen LogP contribution in [-0.4, -0.2) is 9.13 Å². The monoisotopic (exact) mass is 704 g/mol. The fourth-order valence-corrected chi connectivity index (χ4v) is 9.22. The van der Waals surface area contributed by atoms with Crippen LogP contribution in [0.4, 0.5) is 0 Å². The fraction of sp³-hybridized carbons (Fsp3) is 0.240. The molecule has 0 fully saturated rings. The number of ether oxygens (including phenoxy) is 2. The molecule has 54 heavy (non-hydrogen) atoms. The van der Waals surface area contributed by atoms with Gasteiger partial charge in [-0.1, -0.05) is 96.2 Å². The van der Waals surface area contributed by atoms with Crippen molar-refractivity contribution in [2.75, 3.05) is 0 Å². The maximum Gasteiger partial charge on any atom is 0.151 e. The van der Waals surface area contributed by atoms with Crippen LogP contribution in [-0.2, 0) is 10.8 Å². The zero-order valence-corrected chi connectivity index (χ0v) is 31.9. The van der Waals surface area contributed by atoms with Gasteiger partial charge < -0.3 is 18.6 Å². The van der Waals surface area contributed by atoms with Gasteiger partial charge in [-0.3, -0.25) is 0 Å². The van der Waals surface area contributed by atoms with Crippen molar-refractivity contribution in [2.45, 2.75) is 78.1 Å². The van der Waals surface area contributed by atoms with Crippen LogP contribution < -0.4 is 30.6 Å². The SMILES string of the molecule is CC(C)(C)c1ccc2c(c1)OC1=c3c(c4cc(-c5cccc(-c6ccc7c(c6)c6c8n7-c7ccc(C(C)(C)C)cc7OC=8CCC=6)c5)ccc4n3-2)=CCC1. The predicted molar refractivity (Wildman–Crippen MR) is 222 cm³/mol. The van der Waals surface area contributed by atoms with Crippen LogP contribution >= 0.6 is 0 Å². The maximum absolute atomic E-state index is 6.67. The van der Waals surface area contributed by atoms with Crippen LogP contribution in [0.25, 0.3) is 79.1 Å². The molecule has 0 saturated heterocycles. The Kier molecular flexibility index (Phi) is 6.42. The van der Waals surface area contributed by atoms with Gasteiger partial charge in [0.05, 0.1) is 33.1 Å². The summed E-state index contributed by atoms with van der Waals surface area (Å²) in [6.45, 7) is 13.6. The highest BCUT2D eigenvalue weighted by Crippen LogP contribution is 2.39. The van der Waals surface area contributed by atoms with Gasteiger partial charge >= 0.3 is 0 Å². The first-order valence-corrected chi connectivity index (χ1v) is 19.5. The Morgan fingerprint density at radius 2 is 0.926 bits per heavy atom. The number of rotatable bonds is 2. The van der Waals surface area contributed by atoms with Crippen LogP contribution in [0.3, 0.4) is 0 Å². The molecular weight excluding hydrogens is 661 g/mol. The molecular formula is C50H44N2O2. The smallest absolute Gasteiger partial charge is 0.151 e. The second-order valence-electron chi connectivity index (χ2n) is 17.6. The molecule has 2 aliphatic heterocycles. The molecule has 0 saturated carbocycles. The van der Waals surface area contributed by atoms with Gasteiger partial charge in [0.15, 0.2) is 11.5 Å². The summed E-state index contributed by atoms with van der Waals surface area (Å²) in [6, 6.07) is 36.5. The van der Waals surface area contributed by atoms with E-state index in [-0.39, 0.29) is 10.8 Å². The van der Waals surface area contributed by atoms with Crippen LogP contribution in [0.15, 0.2) is 97.1 Å². The number of nitrogens with zero attached hydrogens (tertiary/aromatic N) is 2. The Bertz CT molecular complexity index is 2860. The molecule has 266 valence electrons. The van der Waals surface area contributed by atoms with Crippen molar-refractivity contribution in [1.29, 1.82) is 0 Å². The first-order chi connectivity index (χ1) is 26.0. The summed E-state index contributed by atoms with van der Waals surface area (Å²) in [6.07, 6.45) is 8.61. The van der Waals surface area contributed by atoms with E-state index in [1.807, 2.05) is 0 Å². The van der Waals surface area contributed by atoms with Crippen LogP contribution in [0.5, 0.6) is 11.5 Å². The molecule has 4 aliphatic rings. The second kappa shape index (κ2) is 10.9. The van der Waals surface area contributed by atoms with E-state index in [2.05, 4.69) is 160 Å². The lowest BCUT2D eigenvalue weighted by Gasteiger charge is -2.26. The number of hydrogen-bond donors (Lipinski definition) is 0. The fourth-order valence-electron chi connectivity index (χ4n) is 9.22. The van der Waals surface area contributed by atoms with Crippen LogP contribution in [0.2, 0.25) is 0 Å². The molecule has 4 heterocycles. The van der Waals surface area contributed by atoms with E-state index in [1.165, 1.54) is 76.3 Å². The normalized spacial score (nSPS) is 15.4. The molecule has 0 radical (unpaired) electrons. The molecule has 7 aromatic rings. The van der Waals surface area contributed by atoms with Crippen molar-refractivity contribution in [3.8, 4) is 45.1 Å². The Morgan fingerprint density at radius 1 is 0.481 bits per heavy atom. The molecule has 5 aromatic carbocycles. The van der Waals surface area contributed by atoms with Gasteiger partial charge in [0.25, 0.3) is 0 Å². The summed E-state index contributed by atoms with van der Waals surface area (Å²) >= 11 is 0. The standard InChI is InChI=1S/C50H44N2O2/c1-49(2,3)33-18-22-41-45(27-33)53-43-14-8-12-35-37-25-31(16-20-39(37)51(41)47(35)43)29-10-7-11-30(24-29)32-17-21-40-38(26-32)36-13-9-15-44-48(36)52(40)42-23-19-34(50(4,5)6)28-46(42)54-44/h7,10-13,16-28H,8-9,14-15H2,1-6H3. The quantitative estimate of drug-likeness (QED) is 0.179. The number of fused-ring (bicyclic) bond motifs is 10. The predicted octanol–water partition coefficient (Wildman–Crippen LogP) is 9.65. The summed E-state index contributed by atoms with van der Waals surface area (Å²) in [5, 5.41) is 7.57. The molecule has 0 bridgehead atoms. The van der Waals surface area contributed by atoms with E-state index in [1.54, 1.807) is 0 Å². The molecule has 0 amide bonds. The average molecular weight is 705 g/mol. The van der Waals surface area contributed by atoms with Gasteiger partial charge in [0.1, 0.15) is 11.5 Å². The highest BCUT2D eigenvalue weighted by Gasteiger charge is 2.28.